The van der Waals surface area contributed by atoms with E-state index in [4.69, 9.17) is 24.1 Å². The van der Waals surface area contributed by atoms with Crippen LogP contribution in [0.3, 0.4) is 0 Å². The van der Waals surface area contributed by atoms with E-state index in [1.54, 1.807) is 0 Å². The fourth-order valence-electron chi connectivity index (χ4n) is 1.47. The van der Waals surface area contributed by atoms with Crippen LogP contribution in [0.15, 0.2) is 0 Å². The molecule has 0 aromatic rings. The third-order valence-electron chi connectivity index (χ3n) is 2.32. The number of rotatable bonds is 13. The maximum atomic E-state index is 11.4. The van der Waals surface area contributed by atoms with Gasteiger partial charge in [-0.2, -0.15) is 0 Å². The summed E-state index contributed by atoms with van der Waals surface area (Å²) in [5.41, 5.74) is -0.411. The van der Waals surface area contributed by atoms with Crippen molar-refractivity contribution in [3.05, 3.63) is 0 Å². The first-order chi connectivity index (χ1) is 9.95. The first-order valence-corrected chi connectivity index (χ1v) is 7.51. The Morgan fingerprint density at radius 2 is 1.38 bits per heavy atom. The van der Waals surface area contributed by atoms with Gasteiger partial charge in [0.25, 0.3) is 0 Å². The number of aliphatic hydroxyl groups excluding tert-OH is 1. The van der Waals surface area contributed by atoms with Crippen LogP contribution in [0.25, 0.3) is 0 Å². The van der Waals surface area contributed by atoms with Crippen LogP contribution in [0.5, 0.6) is 0 Å². The number of unbranched alkanes of at least 4 members (excludes halogenated alkanes) is 1. The number of hydrogen-bond donors (Lipinski definition) is 1. The lowest BCUT2D eigenvalue weighted by atomic mass is 10.2. The van der Waals surface area contributed by atoms with Gasteiger partial charge in [0, 0.05) is 13.0 Å². The Bertz CT molecular complexity index is 249. The summed E-state index contributed by atoms with van der Waals surface area (Å²) in [4.78, 5) is 11.4. The molecule has 126 valence electrons. The molecule has 0 amide bonds. The molecule has 0 aromatic carbocycles. The molecule has 0 rings (SSSR count). The Kier molecular flexibility index (Phi) is 12.6. The molecule has 0 aliphatic rings. The van der Waals surface area contributed by atoms with E-state index in [-0.39, 0.29) is 12.6 Å². The van der Waals surface area contributed by atoms with Gasteiger partial charge in [0.05, 0.1) is 39.6 Å². The van der Waals surface area contributed by atoms with Crippen LogP contribution >= 0.6 is 0 Å². The van der Waals surface area contributed by atoms with Gasteiger partial charge in [0.1, 0.15) is 5.60 Å². The summed E-state index contributed by atoms with van der Waals surface area (Å²) >= 11 is 0. The highest BCUT2D eigenvalue weighted by Crippen LogP contribution is 2.09. The van der Waals surface area contributed by atoms with Gasteiger partial charge in [-0.1, -0.05) is 0 Å². The van der Waals surface area contributed by atoms with Crippen molar-refractivity contribution in [3.63, 3.8) is 0 Å². The molecule has 0 radical (unpaired) electrons. The van der Waals surface area contributed by atoms with Crippen molar-refractivity contribution < 1.29 is 28.8 Å². The van der Waals surface area contributed by atoms with Crippen LogP contribution in [0.2, 0.25) is 0 Å². The normalized spacial score (nSPS) is 11.6. The lowest BCUT2D eigenvalue weighted by Crippen LogP contribution is -2.23. The Hall–Kier alpha value is -0.690. The quantitative estimate of drug-likeness (QED) is 0.411. The Morgan fingerprint density at radius 3 is 1.90 bits per heavy atom. The molecule has 0 heterocycles. The second-order valence-electron chi connectivity index (χ2n) is 5.60. The molecule has 1 N–H and O–H groups in total. The van der Waals surface area contributed by atoms with E-state index in [0.717, 1.165) is 12.8 Å². The number of aliphatic hydroxyl groups is 1. The maximum absolute atomic E-state index is 11.4. The molecular weight excluding hydrogens is 276 g/mol. The summed E-state index contributed by atoms with van der Waals surface area (Å²) in [6, 6.07) is 0. The van der Waals surface area contributed by atoms with Gasteiger partial charge < -0.3 is 24.1 Å². The van der Waals surface area contributed by atoms with E-state index >= 15 is 0 Å². The summed E-state index contributed by atoms with van der Waals surface area (Å²) in [7, 11) is 0. The smallest absolute Gasteiger partial charge is 0.306 e. The van der Waals surface area contributed by atoms with Crippen molar-refractivity contribution in [2.45, 2.75) is 45.6 Å². The van der Waals surface area contributed by atoms with Crippen LogP contribution in [0, 0.1) is 0 Å². The first-order valence-electron chi connectivity index (χ1n) is 7.51. The third-order valence-corrected chi connectivity index (χ3v) is 2.32. The van der Waals surface area contributed by atoms with Crippen LogP contribution in [0.4, 0.5) is 0 Å². The summed E-state index contributed by atoms with van der Waals surface area (Å²) in [6.45, 7) is 8.63. The average molecular weight is 306 g/mol. The van der Waals surface area contributed by atoms with E-state index in [0.29, 0.717) is 46.1 Å². The second kappa shape index (κ2) is 13.0. The SMILES string of the molecule is CC(C)(C)OC(=O)CCCCOCCOCCOCCO. The zero-order valence-corrected chi connectivity index (χ0v) is 13.6. The fraction of sp³-hybridized carbons (Fsp3) is 0.933. The fourth-order valence-corrected chi connectivity index (χ4v) is 1.47. The number of ether oxygens (including phenoxy) is 4. The predicted octanol–water partition coefficient (Wildman–Crippen LogP) is 1.54. The average Bonchev–Trinajstić information content (AvgIpc) is 2.38. The molecule has 0 aliphatic carbocycles. The van der Waals surface area contributed by atoms with Crippen molar-refractivity contribution in [3.8, 4) is 0 Å². The largest absolute Gasteiger partial charge is 0.460 e. The molecule has 0 saturated heterocycles. The van der Waals surface area contributed by atoms with Gasteiger partial charge in [-0.05, 0) is 33.6 Å². The molecule has 6 heteroatoms. The topological polar surface area (TPSA) is 74.2 Å². The van der Waals surface area contributed by atoms with E-state index in [1.165, 1.54) is 0 Å². The number of hydrogen-bond acceptors (Lipinski definition) is 6. The van der Waals surface area contributed by atoms with Gasteiger partial charge in [-0.15, -0.1) is 0 Å². The molecule has 0 aromatic heterocycles. The summed E-state index contributed by atoms with van der Waals surface area (Å²) < 4.78 is 20.9. The lowest BCUT2D eigenvalue weighted by Gasteiger charge is -2.19. The Labute approximate surface area is 127 Å². The van der Waals surface area contributed by atoms with Crippen LogP contribution < -0.4 is 0 Å². The van der Waals surface area contributed by atoms with Crippen LogP contribution in [-0.4, -0.2) is 62.9 Å². The highest BCUT2D eigenvalue weighted by atomic mass is 16.6. The monoisotopic (exact) mass is 306 g/mol. The minimum Gasteiger partial charge on any atom is -0.460 e. The van der Waals surface area contributed by atoms with Gasteiger partial charge >= 0.3 is 5.97 Å². The molecule has 0 saturated carbocycles. The highest BCUT2D eigenvalue weighted by Gasteiger charge is 2.15. The molecule has 0 spiro atoms. The molecule has 6 nitrogen and oxygen atoms in total. The Morgan fingerprint density at radius 1 is 0.857 bits per heavy atom. The zero-order valence-electron chi connectivity index (χ0n) is 13.6. The second-order valence-corrected chi connectivity index (χ2v) is 5.60. The van der Waals surface area contributed by atoms with Gasteiger partial charge in [-0.25, -0.2) is 0 Å². The van der Waals surface area contributed by atoms with Crippen LogP contribution in [0.1, 0.15) is 40.0 Å². The number of carbonyl (C=O) groups is 1. The van der Waals surface area contributed by atoms with Crippen molar-refractivity contribution in [1.29, 1.82) is 0 Å². The molecule has 0 atom stereocenters. The first kappa shape index (κ1) is 20.3. The number of carbonyl (C=O) groups excluding carboxylic acids is 1. The van der Waals surface area contributed by atoms with Gasteiger partial charge in [0.15, 0.2) is 0 Å². The number of esters is 1. The van der Waals surface area contributed by atoms with Crippen molar-refractivity contribution in [2.24, 2.45) is 0 Å². The zero-order chi connectivity index (χ0) is 16.0. The maximum Gasteiger partial charge on any atom is 0.306 e. The van der Waals surface area contributed by atoms with Gasteiger partial charge in [0.2, 0.25) is 0 Å². The van der Waals surface area contributed by atoms with E-state index in [1.807, 2.05) is 20.8 Å². The van der Waals surface area contributed by atoms with E-state index < -0.39 is 5.60 Å². The third kappa shape index (κ3) is 17.3. The predicted molar refractivity (Wildman–Crippen MR) is 79.2 cm³/mol. The van der Waals surface area contributed by atoms with E-state index in [2.05, 4.69) is 0 Å². The highest BCUT2D eigenvalue weighted by molar-refractivity contribution is 5.69. The molecular formula is C15H30O6. The minimum absolute atomic E-state index is 0.0341. The van der Waals surface area contributed by atoms with Gasteiger partial charge in [-0.3, -0.25) is 4.79 Å². The molecule has 21 heavy (non-hydrogen) atoms. The molecule has 0 bridgehead atoms. The summed E-state index contributed by atoms with van der Waals surface area (Å²) in [5, 5.41) is 8.48. The lowest BCUT2D eigenvalue weighted by molar-refractivity contribution is -0.154. The van der Waals surface area contributed by atoms with Crippen LogP contribution in [-0.2, 0) is 23.7 Å². The molecule has 0 unspecified atom stereocenters. The summed E-state index contributed by atoms with van der Waals surface area (Å²) in [5.74, 6) is -0.159. The van der Waals surface area contributed by atoms with Crippen molar-refractivity contribution in [1.82, 2.24) is 0 Å². The Balaban J connectivity index is 3.17. The van der Waals surface area contributed by atoms with Crippen molar-refractivity contribution in [2.75, 3.05) is 46.2 Å². The standard InChI is InChI=1S/C15H30O6/c1-15(2,3)21-14(17)6-4-5-8-18-10-12-20-13-11-19-9-7-16/h16H,4-13H2,1-3H3. The summed E-state index contributed by atoms with van der Waals surface area (Å²) in [6.07, 6.45) is 2.03. The van der Waals surface area contributed by atoms with Crippen molar-refractivity contribution >= 4 is 5.97 Å². The molecule has 0 aliphatic heterocycles. The minimum atomic E-state index is -0.411. The molecule has 0 fully saturated rings. The van der Waals surface area contributed by atoms with E-state index in [9.17, 15) is 4.79 Å².